The van der Waals surface area contributed by atoms with Gasteiger partial charge in [0, 0.05) is 60.1 Å². The normalized spacial score (nSPS) is 11.8. The van der Waals surface area contributed by atoms with E-state index in [-0.39, 0.29) is 0 Å². The lowest BCUT2D eigenvalue weighted by atomic mass is 9.92. The molecule has 0 aliphatic heterocycles. The van der Waals surface area contributed by atoms with Crippen molar-refractivity contribution in [2.24, 2.45) is 0 Å². The lowest BCUT2D eigenvalue weighted by Gasteiger charge is -2.21. The summed E-state index contributed by atoms with van der Waals surface area (Å²) in [6.07, 6.45) is 0. The molecule has 0 saturated heterocycles. The second kappa shape index (κ2) is 14.2. The quantitative estimate of drug-likeness (QED) is 0.167. The average Bonchev–Trinajstić information content (AvgIpc) is 4.02. The van der Waals surface area contributed by atoms with Crippen molar-refractivity contribution < 1.29 is 8.83 Å². The van der Waals surface area contributed by atoms with Crippen molar-refractivity contribution in [2.45, 2.75) is 6.92 Å². The number of aryl methyl sites for hydroxylation is 1. The van der Waals surface area contributed by atoms with Gasteiger partial charge in [-0.2, -0.15) is 0 Å². The number of aromatic nitrogens is 4. The fourth-order valence-corrected chi connectivity index (χ4v) is 9.49. The van der Waals surface area contributed by atoms with E-state index in [1.807, 2.05) is 48.5 Å². The Hall–Kier alpha value is -8.61. The average molecular weight is 821 g/mol. The smallest absolute Gasteiger partial charge is 0.164 e. The highest BCUT2D eigenvalue weighted by Crippen LogP contribution is 2.44. The van der Waals surface area contributed by atoms with E-state index in [0.717, 1.165) is 99.5 Å². The van der Waals surface area contributed by atoms with Crippen LogP contribution < -0.4 is 0 Å². The second-order valence-electron chi connectivity index (χ2n) is 16.4. The predicted molar refractivity (Wildman–Crippen MR) is 261 cm³/mol. The molecule has 0 saturated carbocycles. The molecule has 9 aromatic carbocycles. The van der Waals surface area contributed by atoms with Gasteiger partial charge in [0.15, 0.2) is 17.5 Å². The van der Waals surface area contributed by atoms with Crippen LogP contribution in [-0.2, 0) is 0 Å². The molecule has 0 fully saturated rings. The highest BCUT2D eigenvalue weighted by atomic mass is 16.3. The Morgan fingerprint density at radius 3 is 1.33 bits per heavy atom. The molecule has 0 aliphatic carbocycles. The van der Waals surface area contributed by atoms with Crippen molar-refractivity contribution in [1.82, 2.24) is 19.5 Å². The minimum Gasteiger partial charge on any atom is -0.456 e. The Kier molecular flexibility index (Phi) is 8.02. The Morgan fingerprint density at radius 2 is 0.766 bits per heavy atom. The van der Waals surface area contributed by atoms with Crippen LogP contribution in [0, 0.1) is 6.92 Å². The summed E-state index contributed by atoms with van der Waals surface area (Å²) in [4.78, 5) is 15.9. The van der Waals surface area contributed by atoms with Crippen LogP contribution in [-0.4, -0.2) is 19.5 Å². The summed E-state index contributed by atoms with van der Waals surface area (Å²) < 4.78 is 15.2. The van der Waals surface area contributed by atoms with Crippen LogP contribution in [0.4, 0.5) is 0 Å². The van der Waals surface area contributed by atoms with Gasteiger partial charge in [-0.15, -0.1) is 0 Å². The molecule has 0 amide bonds. The minimum absolute atomic E-state index is 0.538. The summed E-state index contributed by atoms with van der Waals surface area (Å²) >= 11 is 0. The third-order valence-corrected chi connectivity index (χ3v) is 12.5. The molecule has 13 aromatic rings. The number of hydrogen-bond donors (Lipinski definition) is 0. The molecule has 0 N–H and O–H groups in total. The van der Waals surface area contributed by atoms with Crippen molar-refractivity contribution in [3.05, 3.63) is 206 Å². The van der Waals surface area contributed by atoms with E-state index in [9.17, 15) is 0 Å². The number of fused-ring (bicyclic) bond motifs is 9. The van der Waals surface area contributed by atoms with Gasteiger partial charge < -0.3 is 13.4 Å². The van der Waals surface area contributed by atoms with E-state index in [1.54, 1.807) is 0 Å². The zero-order valence-corrected chi connectivity index (χ0v) is 34.7. The maximum Gasteiger partial charge on any atom is 0.164 e. The van der Waals surface area contributed by atoms with Gasteiger partial charge in [0.1, 0.15) is 22.3 Å². The Morgan fingerprint density at radius 1 is 0.328 bits per heavy atom. The molecule has 6 nitrogen and oxygen atoms in total. The number of hydrogen-bond acceptors (Lipinski definition) is 5. The van der Waals surface area contributed by atoms with E-state index in [4.69, 9.17) is 23.8 Å². The Bertz CT molecular complexity index is 3780. The van der Waals surface area contributed by atoms with Crippen LogP contribution in [0.2, 0.25) is 0 Å². The lowest BCUT2D eigenvalue weighted by Crippen LogP contribution is -2.04. The second-order valence-corrected chi connectivity index (χ2v) is 16.4. The third-order valence-electron chi connectivity index (χ3n) is 12.5. The van der Waals surface area contributed by atoms with Crippen molar-refractivity contribution in [3.63, 3.8) is 0 Å². The SMILES string of the molecule is Cc1ccc2c3ccccc3n(-c3c(-c4ccccc4)cc(-c4nc(-c5ccc6c(c5)oc5ccccc56)nc(-c5ccc6c(c5)oc5ccccc56)n4)cc3-c3ccccc3)c2c1. The molecule has 4 aromatic heterocycles. The molecule has 6 heteroatoms. The largest absolute Gasteiger partial charge is 0.456 e. The van der Waals surface area contributed by atoms with Gasteiger partial charge in [0.25, 0.3) is 0 Å². The molecule has 0 atom stereocenters. The lowest BCUT2D eigenvalue weighted by molar-refractivity contribution is 0.668. The van der Waals surface area contributed by atoms with Crippen LogP contribution in [0.1, 0.15) is 5.56 Å². The molecule has 0 aliphatic rings. The monoisotopic (exact) mass is 820 g/mol. The van der Waals surface area contributed by atoms with E-state index >= 15 is 0 Å². The van der Waals surface area contributed by atoms with Crippen LogP contribution in [0.3, 0.4) is 0 Å². The van der Waals surface area contributed by atoms with Crippen molar-refractivity contribution >= 4 is 65.7 Å². The summed E-state index contributed by atoms with van der Waals surface area (Å²) in [5, 5.41) is 6.63. The summed E-state index contributed by atoms with van der Waals surface area (Å²) in [7, 11) is 0. The van der Waals surface area contributed by atoms with Crippen LogP contribution >= 0.6 is 0 Å². The zero-order chi connectivity index (χ0) is 42.3. The van der Waals surface area contributed by atoms with Crippen LogP contribution in [0.25, 0.3) is 128 Å². The molecular weight excluding hydrogens is 785 g/mol. The highest BCUT2D eigenvalue weighted by Gasteiger charge is 2.24. The topological polar surface area (TPSA) is 69.9 Å². The third kappa shape index (κ3) is 5.77. The number of para-hydroxylation sites is 3. The summed E-state index contributed by atoms with van der Waals surface area (Å²) in [5.74, 6) is 1.63. The molecule has 13 rings (SSSR count). The summed E-state index contributed by atoms with van der Waals surface area (Å²) in [6, 6.07) is 69.9. The van der Waals surface area contributed by atoms with E-state index in [0.29, 0.717) is 17.5 Å². The Labute approximate surface area is 367 Å². The molecular formula is C58H36N4O2. The standard InChI is InChI=1S/C58H36N4O2/c1-35-24-27-42-41-18-8-11-21-49(41)62(50(42)30-35)55-47(36-14-4-2-5-15-36)31-40(32-48(55)37-16-6-3-7-17-37)58-60-56(38-25-28-45-43-19-9-12-22-51(43)63-53(45)33-38)59-57(61-58)39-26-29-46-44-20-10-13-23-52(44)64-54(46)34-39/h2-34H,1H3. The van der Waals surface area contributed by atoms with Gasteiger partial charge in [-0.3, -0.25) is 0 Å². The number of nitrogens with zero attached hydrogens (tertiary/aromatic N) is 4. The van der Waals surface area contributed by atoms with Gasteiger partial charge >= 0.3 is 0 Å². The van der Waals surface area contributed by atoms with Gasteiger partial charge in [-0.1, -0.05) is 140 Å². The fraction of sp³-hybridized carbons (Fsp3) is 0.0172. The summed E-state index contributed by atoms with van der Waals surface area (Å²) in [5.41, 5.74) is 14.6. The minimum atomic E-state index is 0.538. The van der Waals surface area contributed by atoms with Gasteiger partial charge in [0.05, 0.1) is 16.7 Å². The van der Waals surface area contributed by atoms with Gasteiger partial charge in [0.2, 0.25) is 0 Å². The van der Waals surface area contributed by atoms with E-state index in [1.165, 1.54) is 16.3 Å². The number of rotatable bonds is 6. The van der Waals surface area contributed by atoms with Crippen molar-refractivity contribution in [2.75, 3.05) is 0 Å². The molecule has 0 bridgehead atoms. The first-order valence-electron chi connectivity index (χ1n) is 21.5. The molecule has 0 spiro atoms. The molecule has 0 unspecified atom stereocenters. The number of furan rings is 2. The first kappa shape index (κ1) is 36.1. The first-order chi connectivity index (χ1) is 31.6. The Balaban J connectivity index is 1.10. The predicted octanol–water partition coefficient (Wildman–Crippen LogP) is 15.4. The maximum atomic E-state index is 6.38. The van der Waals surface area contributed by atoms with Crippen molar-refractivity contribution in [1.29, 1.82) is 0 Å². The highest BCUT2D eigenvalue weighted by molar-refractivity contribution is 6.11. The molecule has 4 heterocycles. The maximum absolute atomic E-state index is 6.38. The zero-order valence-electron chi connectivity index (χ0n) is 34.7. The first-order valence-corrected chi connectivity index (χ1v) is 21.5. The van der Waals surface area contributed by atoms with Gasteiger partial charge in [-0.25, -0.2) is 15.0 Å². The summed E-state index contributed by atoms with van der Waals surface area (Å²) in [6.45, 7) is 2.16. The fourth-order valence-electron chi connectivity index (χ4n) is 9.49. The van der Waals surface area contributed by atoms with Crippen LogP contribution in [0.15, 0.2) is 209 Å². The molecule has 300 valence electrons. The number of benzene rings is 9. The molecule has 64 heavy (non-hydrogen) atoms. The van der Waals surface area contributed by atoms with Crippen molar-refractivity contribution in [3.8, 4) is 62.1 Å². The van der Waals surface area contributed by atoms with E-state index < -0.39 is 0 Å². The van der Waals surface area contributed by atoms with Gasteiger partial charge in [-0.05, 0) is 84.3 Å². The molecule has 0 radical (unpaired) electrons. The van der Waals surface area contributed by atoms with Crippen LogP contribution in [0.5, 0.6) is 0 Å². The van der Waals surface area contributed by atoms with E-state index in [2.05, 4.69) is 163 Å².